The van der Waals surface area contributed by atoms with Crippen molar-refractivity contribution in [1.82, 2.24) is 0 Å². The molecule has 4 heteroatoms. The van der Waals surface area contributed by atoms with Crippen LogP contribution in [0.1, 0.15) is 5.56 Å². The molecule has 88 valence electrons. The van der Waals surface area contributed by atoms with Crippen molar-refractivity contribution in [3.05, 3.63) is 29.8 Å². The molecule has 1 aromatic carbocycles. The molecule has 0 aromatic heterocycles. The van der Waals surface area contributed by atoms with Gasteiger partial charge in [0, 0.05) is 26.3 Å². The van der Waals surface area contributed by atoms with Crippen molar-refractivity contribution in [1.29, 1.82) is 0 Å². The minimum Gasteiger partial charge on any atom is -0.481 e. The Labute approximate surface area is 95.7 Å². The highest BCUT2D eigenvalue weighted by atomic mass is 16.4. The molecule has 0 aliphatic heterocycles. The summed E-state index contributed by atoms with van der Waals surface area (Å²) in [6.07, 6.45) is 0.486. The van der Waals surface area contributed by atoms with Gasteiger partial charge in [-0.3, -0.25) is 4.79 Å². The van der Waals surface area contributed by atoms with Crippen LogP contribution in [0.25, 0.3) is 0 Å². The lowest BCUT2D eigenvalue weighted by Gasteiger charge is -2.14. The second kappa shape index (κ2) is 5.51. The van der Waals surface area contributed by atoms with Gasteiger partial charge in [0.2, 0.25) is 0 Å². The van der Waals surface area contributed by atoms with E-state index in [4.69, 9.17) is 10.8 Å². The summed E-state index contributed by atoms with van der Waals surface area (Å²) in [6.45, 7) is 0.171. The first-order valence-electron chi connectivity index (χ1n) is 5.23. The predicted octanol–water partition coefficient (Wildman–Crippen LogP) is 0.955. The summed E-state index contributed by atoms with van der Waals surface area (Å²) in [5, 5.41) is 8.89. The highest BCUT2D eigenvalue weighted by Gasteiger charge is 2.15. The Kier molecular flexibility index (Phi) is 4.31. The molecule has 1 rings (SSSR count). The van der Waals surface area contributed by atoms with Gasteiger partial charge in [-0.25, -0.2) is 0 Å². The Morgan fingerprint density at radius 1 is 1.38 bits per heavy atom. The lowest BCUT2D eigenvalue weighted by molar-refractivity contribution is -0.141. The maximum atomic E-state index is 10.8. The lowest BCUT2D eigenvalue weighted by Crippen LogP contribution is -2.25. The standard InChI is InChI=1S/C12H18N2O2/c1-14(2)11-5-3-9(4-6-11)7-10(8-13)12(15)16/h3-6,10H,7-8,13H2,1-2H3,(H,15,16). The van der Waals surface area contributed by atoms with Crippen molar-refractivity contribution in [3.8, 4) is 0 Å². The summed E-state index contributed by atoms with van der Waals surface area (Å²) < 4.78 is 0. The molecular formula is C12H18N2O2. The molecule has 16 heavy (non-hydrogen) atoms. The maximum absolute atomic E-state index is 10.8. The van der Waals surface area contributed by atoms with Crippen LogP contribution in [0.4, 0.5) is 5.69 Å². The Balaban J connectivity index is 2.71. The van der Waals surface area contributed by atoms with Gasteiger partial charge in [-0.1, -0.05) is 12.1 Å². The smallest absolute Gasteiger partial charge is 0.308 e. The number of anilines is 1. The van der Waals surface area contributed by atoms with Crippen LogP contribution >= 0.6 is 0 Å². The van der Waals surface area contributed by atoms with Crippen LogP contribution in [-0.4, -0.2) is 31.7 Å². The average Bonchev–Trinajstić information content (AvgIpc) is 2.26. The first-order chi connectivity index (χ1) is 7.54. The number of carbonyl (C=O) groups is 1. The van der Waals surface area contributed by atoms with E-state index in [1.165, 1.54) is 0 Å². The molecule has 0 aliphatic rings. The van der Waals surface area contributed by atoms with Crippen LogP contribution in [-0.2, 0) is 11.2 Å². The second-order valence-electron chi connectivity index (χ2n) is 4.04. The molecule has 0 heterocycles. The number of rotatable bonds is 5. The SMILES string of the molecule is CN(C)c1ccc(CC(CN)C(=O)O)cc1. The van der Waals surface area contributed by atoms with Gasteiger partial charge < -0.3 is 15.7 Å². The summed E-state index contributed by atoms with van der Waals surface area (Å²) in [7, 11) is 3.93. The molecule has 1 atom stereocenters. The Morgan fingerprint density at radius 3 is 2.31 bits per heavy atom. The van der Waals surface area contributed by atoms with E-state index in [1.54, 1.807) is 0 Å². The molecule has 1 unspecified atom stereocenters. The monoisotopic (exact) mass is 222 g/mol. The fraction of sp³-hybridized carbons (Fsp3) is 0.417. The first kappa shape index (κ1) is 12.5. The van der Waals surface area contributed by atoms with Crippen molar-refractivity contribution in [3.63, 3.8) is 0 Å². The minimum atomic E-state index is -0.834. The minimum absolute atomic E-state index is 0.171. The predicted molar refractivity (Wildman–Crippen MR) is 64.7 cm³/mol. The number of carboxylic acid groups (broad SMARTS) is 1. The summed E-state index contributed by atoms with van der Waals surface area (Å²) in [5.41, 5.74) is 7.51. The molecule has 4 nitrogen and oxygen atoms in total. The van der Waals surface area contributed by atoms with Gasteiger partial charge in [-0.05, 0) is 24.1 Å². The van der Waals surface area contributed by atoms with E-state index in [1.807, 2.05) is 43.3 Å². The normalized spacial score (nSPS) is 12.2. The number of hydrogen-bond acceptors (Lipinski definition) is 3. The van der Waals surface area contributed by atoms with E-state index in [9.17, 15) is 4.79 Å². The van der Waals surface area contributed by atoms with Gasteiger partial charge in [0.15, 0.2) is 0 Å². The summed E-state index contributed by atoms with van der Waals surface area (Å²) in [4.78, 5) is 12.8. The zero-order valence-electron chi connectivity index (χ0n) is 9.68. The van der Waals surface area contributed by atoms with Crippen LogP contribution in [0.2, 0.25) is 0 Å². The third-order valence-electron chi connectivity index (χ3n) is 2.57. The van der Waals surface area contributed by atoms with Crippen LogP contribution in [0, 0.1) is 5.92 Å². The lowest BCUT2D eigenvalue weighted by atomic mass is 9.99. The van der Waals surface area contributed by atoms with Crippen molar-refractivity contribution in [2.75, 3.05) is 25.5 Å². The third kappa shape index (κ3) is 3.24. The van der Waals surface area contributed by atoms with E-state index < -0.39 is 11.9 Å². The van der Waals surface area contributed by atoms with Crippen molar-refractivity contribution in [2.24, 2.45) is 11.7 Å². The number of aliphatic carboxylic acids is 1. The zero-order valence-corrected chi connectivity index (χ0v) is 9.68. The van der Waals surface area contributed by atoms with Crippen LogP contribution in [0.3, 0.4) is 0 Å². The van der Waals surface area contributed by atoms with Gasteiger partial charge in [-0.15, -0.1) is 0 Å². The molecule has 0 amide bonds. The van der Waals surface area contributed by atoms with Gasteiger partial charge in [-0.2, -0.15) is 0 Å². The summed E-state index contributed by atoms with van der Waals surface area (Å²) in [6, 6.07) is 7.84. The fourth-order valence-electron chi connectivity index (χ4n) is 1.49. The molecule has 0 saturated heterocycles. The van der Waals surface area contributed by atoms with Gasteiger partial charge in [0.05, 0.1) is 5.92 Å². The van der Waals surface area contributed by atoms with Gasteiger partial charge in [0.1, 0.15) is 0 Å². The topological polar surface area (TPSA) is 66.6 Å². The van der Waals surface area contributed by atoms with Crippen molar-refractivity contribution >= 4 is 11.7 Å². The Hall–Kier alpha value is -1.55. The van der Waals surface area contributed by atoms with Crippen LogP contribution in [0.15, 0.2) is 24.3 Å². The average molecular weight is 222 g/mol. The Bertz CT molecular complexity index is 347. The highest BCUT2D eigenvalue weighted by molar-refractivity contribution is 5.70. The molecule has 0 spiro atoms. The molecule has 1 aromatic rings. The third-order valence-corrected chi connectivity index (χ3v) is 2.57. The van der Waals surface area contributed by atoms with E-state index in [-0.39, 0.29) is 6.54 Å². The van der Waals surface area contributed by atoms with E-state index in [0.717, 1.165) is 11.3 Å². The largest absolute Gasteiger partial charge is 0.481 e. The first-order valence-corrected chi connectivity index (χ1v) is 5.23. The fourth-order valence-corrected chi connectivity index (χ4v) is 1.49. The second-order valence-corrected chi connectivity index (χ2v) is 4.04. The number of hydrogen-bond donors (Lipinski definition) is 2. The molecule has 0 saturated carbocycles. The maximum Gasteiger partial charge on any atom is 0.308 e. The molecule has 0 fully saturated rings. The summed E-state index contributed by atoms with van der Waals surface area (Å²) >= 11 is 0. The van der Waals surface area contributed by atoms with Gasteiger partial charge in [0.25, 0.3) is 0 Å². The number of benzene rings is 1. The number of nitrogens with two attached hydrogens (primary N) is 1. The van der Waals surface area contributed by atoms with Gasteiger partial charge >= 0.3 is 5.97 Å². The van der Waals surface area contributed by atoms with E-state index in [2.05, 4.69) is 0 Å². The highest BCUT2D eigenvalue weighted by Crippen LogP contribution is 2.15. The molecule has 3 N–H and O–H groups in total. The summed E-state index contributed by atoms with van der Waals surface area (Å²) in [5.74, 6) is -1.33. The van der Waals surface area contributed by atoms with E-state index in [0.29, 0.717) is 6.42 Å². The van der Waals surface area contributed by atoms with Crippen molar-refractivity contribution < 1.29 is 9.90 Å². The Morgan fingerprint density at radius 2 is 1.94 bits per heavy atom. The zero-order chi connectivity index (χ0) is 12.1. The van der Waals surface area contributed by atoms with Crippen LogP contribution < -0.4 is 10.6 Å². The quantitative estimate of drug-likeness (QED) is 0.778. The van der Waals surface area contributed by atoms with Crippen molar-refractivity contribution in [2.45, 2.75) is 6.42 Å². The molecule has 0 radical (unpaired) electrons. The molecule has 0 bridgehead atoms. The molecular weight excluding hydrogens is 204 g/mol. The molecule has 0 aliphatic carbocycles. The van der Waals surface area contributed by atoms with E-state index >= 15 is 0 Å². The number of nitrogens with zero attached hydrogens (tertiary/aromatic N) is 1. The number of carboxylic acids is 1. The van der Waals surface area contributed by atoms with Crippen LogP contribution in [0.5, 0.6) is 0 Å².